The van der Waals surface area contributed by atoms with E-state index in [0.717, 1.165) is 16.6 Å². The SMILES string of the molecule is COC(=O)c1cc2cc(NC(=S)C3=CC(C)(C)C=CC(N)=C3)cnc2[nH]1. The highest BCUT2D eigenvalue weighted by Gasteiger charge is 2.17. The van der Waals surface area contributed by atoms with Crippen LogP contribution in [-0.4, -0.2) is 28.0 Å². The van der Waals surface area contributed by atoms with Crippen molar-refractivity contribution >= 4 is 39.9 Å². The molecule has 0 saturated carbocycles. The van der Waals surface area contributed by atoms with Gasteiger partial charge in [0.25, 0.3) is 0 Å². The van der Waals surface area contributed by atoms with Gasteiger partial charge in [0.15, 0.2) is 0 Å². The molecule has 134 valence electrons. The molecule has 0 atom stereocenters. The molecule has 1 aliphatic rings. The van der Waals surface area contributed by atoms with Gasteiger partial charge in [0.1, 0.15) is 16.3 Å². The van der Waals surface area contributed by atoms with Gasteiger partial charge in [-0.1, -0.05) is 38.2 Å². The first kappa shape index (κ1) is 17.9. The first-order chi connectivity index (χ1) is 12.3. The predicted octanol–water partition coefficient (Wildman–Crippen LogP) is 3.45. The lowest BCUT2D eigenvalue weighted by molar-refractivity contribution is 0.0595. The molecule has 0 bridgehead atoms. The summed E-state index contributed by atoms with van der Waals surface area (Å²) in [4.78, 5) is 19.4. The Labute approximate surface area is 156 Å². The second-order valence-corrected chi connectivity index (χ2v) is 7.10. The third-order valence-electron chi connectivity index (χ3n) is 3.95. The lowest BCUT2D eigenvalue weighted by Gasteiger charge is -2.16. The summed E-state index contributed by atoms with van der Waals surface area (Å²) in [7, 11) is 1.34. The van der Waals surface area contributed by atoms with Crippen LogP contribution in [0.2, 0.25) is 0 Å². The van der Waals surface area contributed by atoms with Gasteiger partial charge in [0.2, 0.25) is 0 Å². The molecule has 2 aromatic rings. The number of anilines is 1. The minimum Gasteiger partial charge on any atom is -0.464 e. The van der Waals surface area contributed by atoms with Crippen LogP contribution in [0.5, 0.6) is 0 Å². The maximum absolute atomic E-state index is 11.6. The first-order valence-corrected chi connectivity index (χ1v) is 8.46. The van der Waals surface area contributed by atoms with Gasteiger partial charge in [-0.2, -0.15) is 0 Å². The number of pyridine rings is 1. The van der Waals surface area contributed by atoms with Gasteiger partial charge >= 0.3 is 5.97 Å². The van der Waals surface area contributed by atoms with Crippen molar-refractivity contribution in [2.24, 2.45) is 11.1 Å². The number of fused-ring (bicyclic) bond motifs is 1. The third kappa shape index (κ3) is 3.83. The van der Waals surface area contributed by atoms with E-state index in [0.29, 0.717) is 22.0 Å². The van der Waals surface area contributed by atoms with Crippen LogP contribution in [0.15, 0.2) is 53.9 Å². The van der Waals surface area contributed by atoms with E-state index in [-0.39, 0.29) is 5.41 Å². The molecule has 0 aliphatic heterocycles. The average Bonchev–Trinajstić information content (AvgIpc) is 2.95. The zero-order valence-corrected chi connectivity index (χ0v) is 15.6. The smallest absolute Gasteiger partial charge is 0.354 e. The normalized spacial score (nSPS) is 15.8. The van der Waals surface area contributed by atoms with Gasteiger partial charge in [-0.3, -0.25) is 0 Å². The Balaban J connectivity index is 1.86. The molecule has 0 unspecified atom stereocenters. The van der Waals surface area contributed by atoms with Crippen molar-refractivity contribution in [3.8, 4) is 0 Å². The van der Waals surface area contributed by atoms with E-state index in [1.54, 1.807) is 12.3 Å². The summed E-state index contributed by atoms with van der Waals surface area (Å²) in [5, 5.41) is 3.97. The zero-order valence-electron chi connectivity index (χ0n) is 14.8. The maximum atomic E-state index is 11.6. The van der Waals surface area contributed by atoms with E-state index in [1.807, 2.05) is 24.3 Å². The van der Waals surface area contributed by atoms with Crippen molar-refractivity contribution in [3.63, 3.8) is 0 Å². The molecule has 0 saturated heterocycles. The molecule has 26 heavy (non-hydrogen) atoms. The van der Waals surface area contributed by atoms with Crippen molar-refractivity contribution in [1.29, 1.82) is 0 Å². The molecular formula is C19H20N4O2S. The monoisotopic (exact) mass is 368 g/mol. The Bertz CT molecular complexity index is 983. The van der Waals surface area contributed by atoms with Crippen LogP contribution in [0, 0.1) is 5.41 Å². The fourth-order valence-corrected chi connectivity index (χ4v) is 2.90. The maximum Gasteiger partial charge on any atom is 0.354 e. The summed E-state index contributed by atoms with van der Waals surface area (Å²) in [6.07, 6.45) is 9.48. The van der Waals surface area contributed by atoms with Crippen molar-refractivity contribution in [1.82, 2.24) is 9.97 Å². The predicted molar refractivity (Wildman–Crippen MR) is 107 cm³/mol. The number of H-pyrrole nitrogens is 1. The van der Waals surface area contributed by atoms with Crippen molar-refractivity contribution < 1.29 is 9.53 Å². The minimum atomic E-state index is -0.438. The molecule has 0 aromatic carbocycles. The van der Waals surface area contributed by atoms with E-state index in [2.05, 4.69) is 35.2 Å². The van der Waals surface area contributed by atoms with Crippen molar-refractivity contribution in [2.75, 3.05) is 12.4 Å². The van der Waals surface area contributed by atoms with Crippen LogP contribution in [0.25, 0.3) is 11.0 Å². The number of hydrogen-bond donors (Lipinski definition) is 3. The van der Waals surface area contributed by atoms with Gasteiger partial charge in [-0.15, -0.1) is 0 Å². The number of carbonyl (C=O) groups excluding carboxylic acids is 1. The number of thiocarbonyl (C=S) groups is 1. The molecule has 0 fully saturated rings. The fraction of sp³-hybridized carbons (Fsp3) is 0.211. The third-order valence-corrected chi connectivity index (χ3v) is 4.29. The summed E-state index contributed by atoms with van der Waals surface area (Å²) in [6.45, 7) is 4.17. The summed E-state index contributed by atoms with van der Waals surface area (Å²) in [5.74, 6) is -0.438. The highest BCUT2D eigenvalue weighted by molar-refractivity contribution is 7.81. The summed E-state index contributed by atoms with van der Waals surface area (Å²) in [5.41, 5.74) is 8.99. The molecule has 1 aliphatic carbocycles. The van der Waals surface area contributed by atoms with E-state index < -0.39 is 5.97 Å². The number of carbonyl (C=O) groups is 1. The van der Waals surface area contributed by atoms with Crippen molar-refractivity contribution in [2.45, 2.75) is 13.8 Å². The van der Waals surface area contributed by atoms with Gasteiger partial charge in [-0.25, -0.2) is 9.78 Å². The van der Waals surface area contributed by atoms with Crippen LogP contribution in [-0.2, 0) is 4.74 Å². The number of aromatic amines is 1. The molecule has 0 radical (unpaired) electrons. The summed E-state index contributed by atoms with van der Waals surface area (Å²) >= 11 is 5.54. The Kier molecular flexibility index (Phi) is 4.65. The highest BCUT2D eigenvalue weighted by Crippen LogP contribution is 2.26. The Hall–Kier alpha value is -2.93. The van der Waals surface area contributed by atoms with Crippen LogP contribution in [0.4, 0.5) is 5.69 Å². The summed E-state index contributed by atoms with van der Waals surface area (Å²) < 4.78 is 4.72. The molecule has 0 amide bonds. The molecule has 7 heteroatoms. The largest absolute Gasteiger partial charge is 0.464 e. The fourth-order valence-electron chi connectivity index (χ4n) is 2.67. The quantitative estimate of drug-likeness (QED) is 0.568. The number of methoxy groups -OCH3 is 1. The van der Waals surface area contributed by atoms with E-state index >= 15 is 0 Å². The van der Waals surface area contributed by atoms with Gasteiger partial charge < -0.3 is 20.8 Å². The lowest BCUT2D eigenvalue weighted by atomic mass is 9.91. The molecule has 3 rings (SSSR count). The number of rotatable bonds is 3. The molecule has 0 spiro atoms. The van der Waals surface area contributed by atoms with Gasteiger partial charge in [-0.05, 0) is 24.3 Å². The zero-order chi connectivity index (χ0) is 18.9. The van der Waals surface area contributed by atoms with Crippen LogP contribution in [0.3, 0.4) is 0 Å². The molecule has 4 N–H and O–H groups in total. The number of esters is 1. The standard InChI is InChI=1S/C19H20N4O2S/c1-19(2)5-4-13(20)6-12(9-19)17(26)22-14-7-11-8-15(18(24)25-3)23-16(11)21-10-14/h4-10H,20H2,1-3H3,(H,21,23)(H,22,26). The first-order valence-electron chi connectivity index (χ1n) is 8.05. The lowest BCUT2D eigenvalue weighted by Crippen LogP contribution is -2.14. The molecule has 2 aromatic heterocycles. The average molecular weight is 368 g/mol. The number of nitrogens with zero attached hydrogens (tertiary/aromatic N) is 1. The number of ether oxygens (including phenoxy) is 1. The summed E-state index contributed by atoms with van der Waals surface area (Å²) in [6, 6.07) is 3.56. The topological polar surface area (TPSA) is 93.0 Å². The van der Waals surface area contributed by atoms with Crippen LogP contribution >= 0.6 is 12.2 Å². The van der Waals surface area contributed by atoms with Gasteiger partial charge in [0, 0.05) is 22.1 Å². The van der Waals surface area contributed by atoms with Crippen LogP contribution in [0.1, 0.15) is 24.3 Å². The minimum absolute atomic E-state index is 0.156. The van der Waals surface area contributed by atoms with E-state index in [4.69, 9.17) is 22.7 Å². The van der Waals surface area contributed by atoms with E-state index in [9.17, 15) is 4.79 Å². The number of hydrogen-bond acceptors (Lipinski definition) is 5. The second-order valence-electron chi connectivity index (χ2n) is 6.69. The number of nitrogens with one attached hydrogen (secondary N) is 2. The Morgan fingerprint density at radius 2 is 2.15 bits per heavy atom. The number of allylic oxidation sites excluding steroid dienone is 3. The number of nitrogens with two attached hydrogens (primary N) is 1. The van der Waals surface area contributed by atoms with E-state index in [1.165, 1.54) is 7.11 Å². The van der Waals surface area contributed by atoms with Gasteiger partial charge in [0.05, 0.1) is 19.0 Å². The highest BCUT2D eigenvalue weighted by atomic mass is 32.1. The second kappa shape index (κ2) is 6.76. The molecule has 6 nitrogen and oxygen atoms in total. The van der Waals surface area contributed by atoms with Crippen molar-refractivity contribution in [3.05, 3.63) is 59.6 Å². The Morgan fingerprint density at radius 1 is 1.38 bits per heavy atom. The van der Waals surface area contributed by atoms with Crippen LogP contribution < -0.4 is 11.1 Å². The Morgan fingerprint density at radius 3 is 2.88 bits per heavy atom. The molecular weight excluding hydrogens is 348 g/mol. The molecule has 2 heterocycles. The number of aromatic nitrogens is 2.